The van der Waals surface area contributed by atoms with Gasteiger partial charge < -0.3 is 10.0 Å². The Kier molecular flexibility index (Phi) is 7.83. The van der Waals surface area contributed by atoms with Crippen molar-refractivity contribution < 1.29 is 18.9 Å². The van der Waals surface area contributed by atoms with E-state index in [4.69, 9.17) is 23.2 Å². The molecule has 1 N–H and O–H groups in total. The molecule has 1 aliphatic heterocycles. The van der Waals surface area contributed by atoms with Gasteiger partial charge in [-0.2, -0.15) is 0 Å². The van der Waals surface area contributed by atoms with Crippen molar-refractivity contribution in [3.05, 3.63) is 106 Å². The SMILES string of the molecule is C=C(c1ccccc1)[C@@H](C(=O)O)N(Cc1cccc(S2(=O)=C(C)CC2C)c1)C(=O)c1ccc(Cl)cc1Cl. The Morgan fingerprint density at radius 2 is 1.78 bits per heavy atom. The van der Waals surface area contributed by atoms with Gasteiger partial charge in [0.15, 0.2) is 6.04 Å². The molecular formula is C29H27Cl2NO4S. The molecule has 3 aromatic carbocycles. The van der Waals surface area contributed by atoms with E-state index < -0.39 is 27.4 Å². The maximum atomic E-state index is 13.8. The molecule has 37 heavy (non-hydrogen) atoms. The van der Waals surface area contributed by atoms with Crippen molar-refractivity contribution >= 4 is 55.0 Å². The fourth-order valence-electron chi connectivity index (χ4n) is 4.73. The van der Waals surface area contributed by atoms with Gasteiger partial charge in [0.2, 0.25) is 0 Å². The van der Waals surface area contributed by atoms with Crippen molar-refractivity contribution in [2.24, 2.45) is 0 Å². The zero-order valence-electron chi connectivity index (χ0n) is 20.5. The van der Waals surface area contributed by atoms with Gasteiger partial charge in [0.05, 0.1) is 10.6 Å². The minimum absolute atomic E-state index is 0.0259. The van der Waals surface area contributed by atoms with Gasteiger partial charge in [-0.15, -0.1) is 0 Å². The molecule has 0 saturated carbocycles. The summed E-state index contributed by atoms with van der Waals surface area (Å²) >= 11 is 12.4. The van der Waals surface area contributed by atoms with Gasteiger partial charge in [-0.25, -0.2) is 4.79 Å². The number of carbonyl (C=O) groups excluding carboxylic acids is 1. The Hall–Kier alpha value is -3.06. The lowest BCUT2D eigenvalue weighted by Gasteiger charge is -2.33. The van der Waals surface area contributed by atoms with Crippen LogP contribution in [0, 0.1) is 0 Å². The topological polar surface area (TPSA) is 74.7 Å². The van der Waals surface area contributed by atoms with Crippen LogP contribution in [0.2, 0.25) is 10.0 Å². The Balaban J connectivity index is 1.81. The molecule has 5 nitrogen and oxygen atoms in total. The number of carboxylic acids is 1. The number of carbonyl (C=O) groups is 2. The number of hydrogen-bond donors (Lipinski definition) is 1. The highest BCUT2D eigenvalue weighted by Crippen LogP contribution is 2.32. The molecule has 3 atom stereocenters. The molecule has 192 valence electrons. The van der Waals surface area contributed by atoms with Crippen LogP contribution in [0.1, 0.15) is 41.8 Å². The second-order valence-electron chi connectivity index (χ2n) is 9.15. The molecule has 3 aromatic rings. The highest BCUT2D eigenvalue weighted by molar-refractivity contribution is 8.04. The second kappa shape index (κ2) is 10.7. The molecule has 0 bridgehead atoms. The summed E-state index contributed by atoms with van der Waals surface area (Å²) in [6.45, 7) is 7.85. The van der Waals surface area contributed by atoms with E-state index in [-0.39, 0.29) is 28.0 Å². The fraction of sp³-hybridized carbons (Fsp3) is 0.207. The normalized spacial score (nSPS) is 19.6. The molecule has 8 heteroatoms. The smallest absolute Gasteiger partial charge is 0.331 e. The number of hydrogen-bond acceptors (Lipinski definition) is 3. The van der Waals surface area contributed by atoms with Crippen molar-refractivity contribution in [3.63, 3.8) is 0 Å². The van der Waals surface area contributed by atoms with Crippen LogP contribution in [-0.2, 0) is 20.9 Å². The number of carboxylic acid groups (broad SMARTS) is 1. The van der Waals surface area contributed by atoms with E-state index in [2.05, 4.69) is 6.58 Å². The van der Waals surface area contributed by atoms with Gasteiger partial charge in [-0.05, 0) is 65.2 Å². The van der Waals surface area contributed by atoms with Crippen LogP contribution in [-0.4, -0.2) is 42.2 Å². The number of nitrogens with zero attached hydrogens (tertiary/aromatic N) is 1. The Bertz CT molecular complexity index is 1510. The quantitative estimate of drug-likeness (QED) is 0.325. The molecule has 4 rings (SSSR count). The van der Waals surface area contributed by atoms with Crippen molar-refractivity contribution in [1.29, 1.82) is 0 Å². The van der Waals surface area contributed by atoms with Gasteiger partial charge in [-0.1, -0.05) is 79.2 Å². The summed E-state index contributed by atoms with van der Waals surface area (Å²) in [5.74, 6) is -1.81. The number of aliphatic carboxylic acids is 1. The van der Waals surface area contributed by atoms with E-state index >= 15 is 0 Å². The number of benzene rings is 3. The molecule has 1 heterocycles. The van der Waals surface area contributed by atoms with Crippen LogP contribution in [0.5, 0.6) is 0 Å². The molecule has 1 amide bonds. The second-order valence-corrected chi connectivity index (χ2v) is 13.2. The third kappa shape index (κ3) is 5.19. The lowest BCUT2D eigenvalue weighted by molar-refractivity contribution is -0.140. The summed E-state index contributed by atoms with van der Waals surface area (Å²) in [6, 6.07) is 19.1. The van der Waals surface area contributed by atoms with Crippen LogP contribution in [0.15, 0.2) is 84.3 Å². The highest BCUT2D eigenvalue weighted by atomic mass is 35.5. The largest absolute Gasteiger partial charge is 0.479 e. The average Bonchev–Trinajstić information content (AvgIpc) is 2.88. The summed E-state index contributed by atoms with van der Waals surface area (Å²) in [5.41, 5.74) is 1.63. The molecule has 0 saturated heterocycles. The molecular weight excluding hydrogens is 529 g/mol. The van der Waals surface area contributed by atoms with Crippen LogP contribution in [0.25, 0.3) is 5.57 Å². The van der Waals surface area contributed by atoms with Crippen molar-refractivity contribution in [1.82, 2.24) is 4.90 Å². The summed E-state index contributed by atoms with van der Waals surface area (Å²) < 4.78 is 13.7. The predicted octanol–water partition coefficient (Wildman–Crippen LogP) is 6.43. The summed E-state index contributed by atoms with van der Waals surface area (Å²) in [5, 5.41) is 10.8. The fourth-order valence-corrected chi connectivity index (χ4v) is 8.07. The van der Waals surface area contributed by atoms with E-state index in [0.717, 1.165) is 11.3 Å². The van der Waals surface area contributed by atoms with Gasteiger partial charge in [0.1, 0.15) is 0 Å². The standard InChI is InChI=1S/C29H27Cl2NO4S/c1-18-14-19(2)37(18,36)24-11-7-8-21(15-24)17-32(28(33)25-13-12-23(30)16-26(25)31)27(29(34)35)20(3)22-9-5-4-6-10-22/h4-13,15-16,18,27H,3,14,17H2,1-2H3,(H,34,35)/t18?,27-,37?/m0/s1. The maximum Gasteiger partial charge on any atom is 0.331 e. The van der Waals surface area contributed by atoms with Crippen molar-refractivity contribution in [2.45, 2.75) is 43.0 Å². The average molecular weight is 557 g/mol. The Morgan fingerprint density at radius 1 is 1.08 bits per heavy atom. The van der Waals surface area contributed by atoms with E-state index in [1.807, 2.05) is 26.0 Å². The van der Waals surface area contributed by atoms with Gasteiger partial charge in [0.25, 0.3) is 5.91 Å². The maximum absolute atomic E-state index is 13.8. The zero-order valence-corrected chi connectivity index (χ0v) is 22.8. The first kappa shape index (κ1) is 27.0. The first-order valence-corrected chi connectivity index (χ1v) is 14.1. The van der Waals surface area contributed by atoms with E-state index in [1.165, 1.54) is 23.1 Å². The van der Waals surface area contributed by atoms with E-state index in [1.54, 1.807) is 42.5 Å². The van der Waals surface area contributed by atoms with Gasteiger partial charge >= 0.3 is 5.97 Å². The third-order valence-electron chi connectivity index (χ3n) is 6.70. The summed E-state index contributed by atoms with van der Waals surface area (Å²) in [7, 11) is -2.32. The highest BCUT2D eigenvalue weighted by Gasteiger charge is 2.35. The van der Waals surface area contributed by atoms with Gasteiger partial charge in [-0.3, -0.25) is 9.00 Å². The van der Waals surface area contributed by atoms with Crippen LogP contribution in [0.3, 0.4) is 0 Å². The minimum Gasteiger partial charge on any atom is -0.479 e. The number of halogens is 2. The lowest BCUT2D eigenvalue weighted by Crippen LogP contribution is -2.45. The Labute approximate surface area is 227 Å². The molecule has 0 spiro atoms. The first-order valence-electron chi connectivity index (χ1n) is 11.7. The van der Waals surface area contributed by atoms with E-state index in [9.17, 15) is 18.9 Å². The third-order valence-corrected chi connectivity index (χ3v) is 10.7. The molecule has 1 aliphatic rings. The molecule has 2 unspecified atom stereocenters. The first-order chi connectivity index (χ1) is 17.5. The molecule has 0 radical (unpaired) electrons. The zero-order chi connectivity index (χ0) is 26.9. The van der Waals surface area contributed by atoms with Crippen LogP contribution < -0.4 is 0 Å². The van der Waals surface area contributed by atoms with Crippen LogP contribution >= 0.6 is 23.2 Å². The van der Waals surface area contributed by atoms with Gasteiger partial charge in [0, 0.05) is 31.2 Å². The molecule has 0 aromatic heterocycles. The van der Waals surface area contributed by atoms with Crippen molar-refractivity contribution in [2.75, 3.05) is 0 Å². The van der Waals surface area contributed by atoms with Crippen LogP contribution in [0.4, 0.5) is 0 Å². The summed E-state index contributed by atoms with van der Waals surface area (Å²) in [6.07, 6.45) is 0.806. The van der Waals surface area contributed by atoms with E-state index in [0.29, 0.717) is 21.0 Å². The number of rotatable bonds is 8. The number of amides is 1. The minimum atomic E-state index is -2.32. The lowest BCUT2D eigenvalue weighted by atomic mass is 9.97. The Morgan fingerprint density at radius 3 is 2.38 bits per heavy atom. The van der Waals surface area contributed by atoms with Crippen molar-refractivity contribution in [3.8, 4) is 0 Å². The molecule has 0 aliphatic carbocycles. The molecule has 0 fully saturated rings. The monoisotopic (exact) mass is 555 g/mol. The summed E-state index contributed by atoms with van der Waals surface area (Å²) in [4.78, 5) is 29.3. The predicted molar refractivity (Wildman–Crippen MR) is 151 cm³/mol.